The van der Waals surface area contributed by atoms with Gasteiger partial charge in [-0.05, 0) is 78.9 Å². The van der Waals surface area contributed by atoms with Crippen LogP contribution in [0.1, 0.15) is 133 Å². The Morgan fingerprint density at radius 2 is 1.75 bits per heavy atom. The van der Waals surface area contributed by atoms with Gasteiger partial charge in [-0.25, -0.2) is 0 Å². The summed E-state index contributed by atoms with van der Waals surface area (Å²) in [5, 5.41) is 0. The van der Waals surface area contributed by atoms with Crippen LogP contribution in [0.25, 0.3) is 0 Å². The summed E-state index contributed by atoms with van der Waals surface area (Å²) in [4.78, 5) is 39.2. The monoisotopic (exact) mass is 496 g/mol. The van der Waals surface area contributed by atoms with Gasteiger partial charge in [-0.3, -0.25) is 14.4 Å². The highest BCUT2D eigenvalue weighted by atomic mass is 16.1. The molecule has 3 unspecified atom stereocenters. The molecule has 0 aliphatic heterocycles. The van der Waals surface area contributed by atoms with Crippen molar-refractivity contribution in [3.8, 4) is 0 Å². The predicted molar refractivity (Wildman–Crippen MR) is 151 cm³/mol. The minimum absolute atomic E-state index is 0.0572. The number of hydrogen-bond donors (Lipinski definition) is 0. The van der Waals surface area contributed by atoms with E-state index in [9.17, 15) is 14.4 Å². The summed E-state index contributed by atoms with van der Waals surface area (Å²) >= 11 is 0. The molecule has 1 aromatic rings. The third kappa shape index (κ3) is 8.96. The van der Waals surface area contributed by atoms with Crippen LogP contribution < -0.4 is 0 Å². The average Bonchev–Trinajstić information content (AvgIpc) is 2.74. The van der Waals surface area contributed by atoms with E-state index in [1.165, 1.54) is 17.5 Å². The lowest BCUT2D eigenvalue weighted by Crippen LogP contribution is -2.30. The second kappa shape index (κ2) is 13.7. The standard InChI is InChI=1S/C33H52O3/c1-9-12-26(28(10-2)30(35)20-27(34)21-33(6,7)8)17-24-18-29-25(14-11-13-22(3)4)16-15-23(5)32(29)31(36)19-24/h15-16,22,24,26,28H,9-14,17-21H2,1-8H3. The summed E-state index contributed by atoms with van der Waals surface area (Å²) < 4.78 is 0. The van der Waals surface area contributed by atoms with E-state index >= 15 is 0 Å². The van der Waals surface area contributed by atoms with E-state index < -0.39 is 0 Å². The third-order valence-corrected chi connectivity index (χ3v) is 7.91. The van der Waals surface area contributed by atoms with E-state index in [4.69, 9.17) is 0 Å². The molecule has 2 rings (SSSR count). The first-order chi connectivity index (χ1) is 16.9. The number of rotatable bonds is 14. The Labute approximate surface area is 221 Å². The average molecular weight is 497 g/mol. The fourth-order valence-corrected chi connectivity index (χ4v) is 6.34. The smallest absolute Gasteiger partial charge is 0.163 e. The van der Waals surface area contributed by atoms with Crippen molar-refractivity contribution in [2.75, 3.05) is 0 Å². The van der Waals surface area contributed by atoms with Gasteiger partial charge in [0.2, 0.25) is 0 Å². The van der Waals surface area contributed by atoms with Crippen molar-refractivity contribution in [1.29, 1.82) is 0 Å². The predicted octanol–water partition coefficient (Wildman–Crippen LogP) is 8.52. The number of fused-ring (bicyclic) bond motifs is 1. The maximum Gasteiger partial charge on any atom is 0.163 e. The molecule has 36 heavy (non-hydrogen) atoms. The molecular weight excluding hydrogens is 444 g/mol. The fourth-order valence-electron chi connectivity index (χ4n) is 6.34. The molecule has 3 atom stereocenters. The van der Waals surface area contributed by atoms with Gasteiger partial charge >= 0.3 is 0 Å². The van der Waals surface area contributed by atoms with Crippen LogP contribution in [0.5, 0.6) is 0 Å². The van der Waals surface area contributed by atoms with Gasteiger partial charge in [0.15, 0.2) is 5.78 Å². The first kappa shape index (κ1) is 30.5. The molecule has 0 spiro atoms. The zero-order valence-corrected chi connectivity index (χ0v) is 24.5. The zero-order chi connectivity index (χ0) is 27.0. The highest BCUT2D eigenvalue weighted by Gasteiger charge is 2.34. The molecule has 0 amide bonds. The van der Waals surface area contributed by atoms with E-state index in [0.717, 1.165) is 56.1 Å². The van der Waals surface area contributed by atoms with E-state index in [1.807, 2.05) is 20.8 Å². The largest absolute Gasteiger partial charge is 0.299 e. The summed E-state index contributed by atoms with van der Waals surface area (Å²) in [7, 11) is 0. The van der Waals surface area contributed by atoms with E-state index in [2.05, 4.69) is 46.8 Å². The van der Waals surface area contributed by atoms with E-state index in [0.29, 0.717) is 18.8 Å². The molecule has 0 N–H and O–H groups in total. The van der Waals surface area contributed by atoms with Crippen molar-refractivity contribution in [1.82, 2.24) is 0 Å². The van der Waals surface area contributed by atoms with Crippen LogP contribution in [0.15, 0.2) is 12.1 Å². The van der Waals surface area contributed by atoms with Crippen LogP contribution in [0.3, 0.4) is 0 Å². The molecule has 0 aromatic heterocycles. The molecule has 0 fully saturated rings. The first-order valence-corrected chi connectivity index (χ1v) is 14.5. The van der Waals surface area contributed by atoms with Gasteiger partial charge in [-0.2, -0.15) is 0 Å². The molecule has 0 bridgehead atoms. The fraction of sp³-hybridized carbons (Fsp3) is 0.727. The number of benzene rings is 1. The molecule has 3 nitrogen and oxygen atoms in total. The van der Waals surface area contributed by atoms with Gasteiger partial charge in [-0.15, -0.1) is 0 Å². The normalized spacial score (nSPS) is 17.7. The summed E-state index contributed by atoms with van der Waals surface area (Å²) in [6.45, 7) is 17.0. The van der Waals surface area contributed by atoms with Crippen molar-refractivity contribution in [2.45, 2.75) is 126 Å². The van der Waals surface area contributed by atoms with Crippen LogP contribution in [0.2, 0.25) is 0 Å². The number of hydrogen-bond acceptors (Lipinski definition) is 3. The lowest BCUT2D eigenvalue weighted by atomic mass is 9.71. The quantitative estimate of drug-likeness (QED) is 0.243. The van der Waals surface area contributed by atoms with E-state index in [-0.39, 0.29) is 46.9 Å². The zero-order valence-electron chi connectivity index (χ0n) is 24.5. The Hall–Kier alpha value is -1.77. The molecule has 1 aromatic carbocycles. The minimum atomic E-state index is -0.0945. The third-order valence-electron chi connectivity index (χ3n) is 7.91. The first-order valence-electron chi connectivity index (χ1n) is 14.5. The number of aryl methyl sites for hydroxylation is 2. The Morgan fingerprint density at radius 3 is 2.33 bits per heavy atom. The van der Waals surface area contributed by atoms with Crippen LogP contribution in [-0.4, -0.2) is 17.3 Å². The molecular formula is C33H52O3. The summed E-state index contributed by atoms with van der Waals surface area (Å²) in [5.74, 6) is 1.56. The molecule has 0 saturated carbocycles. The topological polar surface area (TPSA) is 51.2 Å². The Bertz CT molecular complexity index is 902. The molecule has 0 saturated heterocycles. The van der Waals surface area contributed by atoms with Crippen LogP contribution >= 0.6 is 0 Å². The highest BCUT2D eigenvalue weighted by molar-refractivity contribution is 6.01. The molecule has 0 radical (unpaired) electrons. The molecule has 1 aliphatic rings. The van der Waals surface area contributed by atoms with Crippen molar-refractivity contribution >= 4 is 17.3 Å². The summed E-state index contributed by atoms with van der Waals surface area (Å²) in [5.41, 5.74) is 4.59. The minimum Gasteiger partial charge on any atom is -0.299 e. The number of Topliss-reactive ketones (excluding diaryl/α,β-unsaturated/α-hetero) is 3. The van der Waals surface area contributed by atoms with E-state index in [1.54, 1.807) is 0 Å². The van der Waals surface area contributed by atoms with Crippen LogP contribution in [0, 0.1) is 36.0 Å². The van der Waals surface area contributed by atoms with Gasteiger partial charge in [0.25, 0.3) is 0 Å². The van der Waals surface area contributed by atoms with Crippen molar-refractivity contribution in [2.24, 2.45) is 29.1 Å². The summed E-state index contributed by atoms with van der Waals surface area (Å²) in [6.07, 6.45) is 9.06. The van der Waals surface area contributed by atoms with Crippen molar-refractivity contribution in [3.05, 3.63) is 34.4 Å². The number of carbonyl (C=O) groups is 3. The molecule has 202 valence electrons. The van der Waals surface area contributed by atoms with Gasteiger partial charge in [-0.1, -0.05) is 79.9 Å². The van der Waals surface area contributed by atoms with Gasteiger partial charge in [0, 0.05) is 24.3 Å². The lowest BCUT2D eigenvalue weighted by molar-refractivity contribution is -0.131. The maximum absolute atomic E-state index is 13.3. The maximum atomic E-state index is 13.3. The van der Waals surface area contributed by atoms with Crippen LogP contribution in [0.4, 0.5) is 0 Å². The highest BCUT2D eigenvalue weighted by Crippen LogP contribution is 2.38. The Kier molecular flexibility index (Phi) is 11.6. The van der Waals surface area contributed by atoms with Gasteiger partial charge in [0.05, 0.1) is 6.42 Å². The Balaban J connectivity index is 2.20. The lowest BCUT2D eigenvalue weighted by Gasteiger charge is -2.32. The summed E-state index contributed by atoms with van der Waals surface area (Å²) in [6, 6.07) is 4.37. The van der Waals surface area contributed by atoms with Gasteiger partial charge < -0.3 is 0 Å². The van der Waals surface area contributed by atoms with Crippen molar-refractivity contribution < 1.29 is 14.4 Å². The molecule has 0 heterocycles. The number of carbonyl (C=O) groups excluding carboxylic acids is 3. The SMILES string of the molecule is CCCC(CC1CC(=O)c2c(C)ccc(CCCC(C)C)c2C1)C(CC)C(=O)CC(=O)CC(C)(C)C. The second-order valence-electron chi connectivity index (χ2n) is 13.1. The van der Waals surface area contributed by atoms with Gasteiger partial charge in [0.1, 0.15) is 11.6 Å². The number of ketones is 3. The van der Waals surface area contributed by atoms with Crippen molar-refractivity contribution in [3.63, 3.8) is 0 Å². The second-order valence-corrected chi connectivity index (χ2v) is 13.1. The van der Waals surface area contributed by atoms with Crippen LogP contribution in [-0.2, 0) is 22.4 Å². The molecule has 1 aliphatic carbocycles. The Morgan fingerprint density at radius 1 is 1.06 bits per heavy atom. The molecule has 3 heteroatoms.